The molecular weight excluding hydrogens is 286 g/mol. The molecule has 0 unspecified atom stereocenters. The Hall–Kier alpha value is -1.82. The molecule has 0 spiro atoms. The fourth-order valence-electron chi connectivity index (χ4n) is 1.78. The molecule has 1 heterocycles. The summed E-state index contributed by atoms with van der Waals surface area (Å²) < 4.78 is 5.64. The Bertz CT molecular complexity index is 612. The maximum atomic E-state index is 11.8. The van der Waals surface area contributed by atoms with Gasteiger partial charge in [-0.25, -0.2) is 0 Å². The number of amides is 1. The Kier molecular flexibility index (Phi) is 5.38. The zero-order valence-corrected chi connectivity index (χ0v) is 13.2. The highest BCUT2D eigenvalue weighted by Gasteiger charge is 2.18. The summed E-state index contributed by atoms with van der Waals surface area (Å²) in [4.78, 5) is 11.8. The SMILES string of the molecule is CCCNC(=O)[C@@H](C)Sc1nnc(-c2ccccc2C)o1. The van der Waals surface area contributed by atoms with Crippen LogP contribution in [0.1, 0.15) is 25.8 Å². The molecule has 0 saturated heterocycles. The quantitative estimate of drug-likeness (QED) is 0.831. The van der Waals surface area contributed by atoms with E-state index in [0.717, 1.165) is 17.5 Å². The number of aryl methyl sites for hydroxylation is 1. The number of nitrogens with zero attached hydrogens (tertiary/aromatic N) is 2. The highest BCUT2D eigenvalue weighted by Crippen LogP contribution is 2.27. The summed E-state index contributed by atoms with van der Waals surface area (Å²) in [5, 5.41) is 11.1. The molecule has 0 saturated carbocycles. The topological polar surface area (TPSA) is 68.0 Å². The molecule has 1 N–H and O–H groups in total. The van der Waals surface area contributed by atoms with Crippen LogP contribution in [0.2, 0.25) is 0 Å². The van der Waals surface area contributed by atoms with Gasteiger partial charge in [0.05, 0.1) is 5.25 Å². The van der Waals surface area contributed by atoms with Crippen LogP contribution in [0.5, 0.6) is 0 Å². The van der Waals surface area contributed by atoms with E-state index < -0.39 is 0 Å². The number of carbonyl (C=O) groups excluding carboxylic acids is 1. The molecule has 0 aliphatic heterocycles. The van der Waals surface area contributed by atoms with Gasteiger partial charge in [-0.05, 0) is 31.9 Å². The molecule has 0 fully saturated rings. The lowest BCUT2D eigenvalue weighted by atomic mass is 10.1. The van der Waals surface area contributed by atoms with Crippen LogP contribution in [-0.2, 0) is 4.79 Å². The molecule has 6 heteroatoms. The van der Waals surface area contributed by atoms with Gasteiger partial charge in [-0.3, -0.25) is 4.79 Å². The van der Waals surface area contributed by atoms with E-state index in [1.165, 1.54) is 11.8 Å². The zero-order valence-electron chi connectivity index (χ0n) is 12.4. The van der Waals surface area contributed by atoms with Crippen LogP contribution in [0.25, 0.3) is 11.5 Å². The van der Waals surface area contributed by atoms with Gasteiger partial charge in [0.15, 0.2) is 0 Å². The van der Waals surface area contributed by atoms with Gasteiger partial charge in [0.1, 0.15) is 0 Å². The Morgan fingerprint density at radius 2 is 2.14 bits per heavy atom. The van der Waals surface area contributed by atoms with E-state index in [1.54, 1.807) is 0 Å². The van der Waals surface area contributed by atoms with Crippen molar-refractivity contribution in [2.45, 2.75) is 37.7 Å². The average molecular weight is 305 g/mol. The van der Waals surface area contributed by atoms with Crippen molar-refractivity contribution in [3.63, 3.8) is 0 Å². The Labute approximate surface area is 128 Å². The van der Waals surface area contributed by atoms with Crippen molar-refractivity contribution in [1.29, 1.82) is 0 Å². The number of rotatable bonds is 6. The lowest BCUT2D eigenvalue weighted by molar-refractivity contribution is -0.120. The highest BCUT2D eigenvalue weighted by atomic mass is 32.2. The van der Waals surface area contributed by atoms with Crippen molar-refractivity contribution in [2.75, 3.05) is 6.54 Å². The number of hydrogen-bond acceptors (Lipinski definition) is 5. The molecule has 2 aromatic rings. The van der Waals surface area contributed by atoms with Crippen molar-refractivity contribution in [3.05, 3.63) is 29.8 Å². The van der Waals surface area contributed by atoms with Crippen LogP contribution in [0.15, 0.2) is 33.9 Å². The Balaban J connectivity index is 2.04. The third-order valence-electron chi connectivity index (χ3n) is 2.98. The van der Waals surface area contributed by atoms with E-state index in [2.05, 4.69) is 15.5 Å². The minimum atomic E-state index is -0.262. The second kappa shape index (κ2) is 7.26. The van der Waals surface area contributed by atoms with E-state index in [4.69, 9.17) is 4.42 Å². The van der Waals surface area contributed by atoms with Crippen LogP contribution < -0.4 is 5.32 Å². The molecule has 1 atom stereocenters. The van der Waals surface area contributed by atoms with Crippen LogP contribution in [0.4, 0.5) is 0 Å². The molecule has 1 amide bonds. The molecule has 0 aliphatic rings. The fraction of sp³-hybridized carbons (Fsp3) is 0.400. The maximum Gasteiger partial charge on any atom is 0.277 e. The standard InChI is InChI=1S/C15H19N3O2S/c1-4-9-16-13(19)11(3)21-15-18-17-14(20-15)12-8-6-5-7-10(12)2/h5-8,11H,4,9H2,1-3H3,(H,16,19)/t11-/m1/s1. The summed E-state index contributed by atoms with van der Waals surface area (Å²) >= 11 is 1.27. The summed E-state index contributed by atoms with van der Waals surface area (Å²) in [7, 11) is 0. The largest absolute Gasteiger partial charge is 0.411 e. The van der Waals surface area contributed by atoms with Gasteiger partial charge >= 0.3 is 0 Å². The second-order valence-electron chi connectivity index (χ2n) is 4.74. The molecule has 1 aromatic carbocycles. The van der Waals surface area contributed by atoms with E-state index in [0.29, 0.717) is 17.7 Å². The van der Waals surface area contributed by atoms with Gasteiger partial charge in [-0.2, -0.15) is 0 Å². The summed E-state index contributed by atoms with van der Waals surface area (Å²) in [6.45, 7) is 6.52. The first-order valence-electron chi connectivity index (χ1n) is 6.95. The Morgan fingerprint density at radius 3 is 2.86 bits per heavy atom. The lowest BCUT2D eigenvalue weighted by Gasteiger charge is -2.08. The fourth-order valence-corrected chi connectivity index (χ4v) is 2.48. The minimum absolute atomic E-state index is 0.0162. The number of carbonyl (C=O) groups is 1. The first-order chi connectivity index (χ1) is 10.1. The summed E-state index contributed by atoms with van der Waals surface area (Å²) in [5.41, 5.74) is 1.99. The highest BCUT2D eigenvalue weighted by molar-refractivity contribution is 8.00. The third kappa shape index (κ3) is 4.07. The summed E-state index contributed by atoms with van der Waals surface area (Å²) in [6.07, 6.45) is 0.918. The number of benzene rings is 1. The number of hydrogen-bond donors (Lipinski definition) is 1. The van der Waals surface area contributed by atoms with Gasteiger partial charge in [0, 0.05) is 12.1 Å². The van der Waals surface area contributed by atoms with Crippen molar-refractivity contribution in [2.24, 2.45) is 0 Å². The summed E-state index contributed by atoms with van der Waals surface area (Å²) in [6, 6.07) is 7.83. The van der Waals surface area contributed by atoms with Gasteiger partial charge in [-0.15, -0.1) is 10.2 Å². The van der Waals surface area contributed by atoms with Gasteiger partial charge in [0.25, 0.3) is 5.22 Å². The summed E-state index contributed by atoms with van der Waals surface area (Å²) in [5.74, 6) is 0.467. The molecule has 1 aromatic heterocycles. The van der Waals surface area contributed by atoms with Crippen LogP contribution in [0, 0.1) is 6.92 Å². The monoisotopic (exact) mass is 305 g/mol. The number of thioether (sulfide) groups is 1. The third-order valence-corrected chi connectivity index (χ3v) is 3.91. The van der Waals surface area contributed by atoms with E-state index in [-0.39, 0.29) is 11.2 Å². The average Bonchev–Trinajstić information content (AvgIpc) is 2.93. The predicted molar refractivity (Wildman–Crippen MR) is 83.1 cm³/mol. The molecule has 0 aliphatic carbocycles. The molecule has 112 valence electrons. The van der Waals surface area contributed by atoms with E-state index in [9.17, 15) is 4.79 Å². The number of nitrogens with one attached hydrogen (secondary N) is 1. The maximum absolute atomic E-state index is 11.8. The first kappa shape index (κ1) is 15.6. The van der Waals surface area contributed by atoms with Crippen molar-refractivity contribution >= 4 is 17.7 Å². The van der Waals surface area contributed by atoms with E-state index >= 15 is 0 Å². The van der Waals surface area contributed by atoms with E-state index in [1.807, 2.05) is 45.0 Å². The molecule has 0 bridgehead atoms. The minimum Gasteiger partial charge on any atom is -0.411 e. The zero-order chi connectivity index (χ0) is 15.2. The van der Waals surface area contributed by atoms with Gasteiger partial charge < -0.3 is 9.73 Å². The molecule has 2 rings (SSSR count). The predicted octanol–water partition coefficient (Wildman–Crippen LogP) is 3.05. The Morgan fingerprint density at radius 1 is 1.38 bits per heavy atom. The van der Waals surface area contributed by atoms with Gasteiger partial charge in [-0.1, -0.05) is 36.9 Å². The molecular formula is C15H19N3O2S. The lowest BCUT2D eigenvalue weighted by Crippen LogP contribution is -2.31. The van der Waals surface area contributed by atoms with Crippen molar-refractivity contribution in [3.8, 4) is 11.5 Å². The smallest absolute Gasteiger partial charge is 0.277 e. The number of aromatic nitrogens is 2. The van der Waals surface area contributed by atoms with Gasteiger partial charge in [0.2, 0.25) is 11.8 Å². The molecule has 0 radical (unpaired) electrons. The van der Waals surface area contributed by atoms with Crippen molar-refractivity contribution < 1.29 is 9.21 Å². The van der Waals surface area contributed by atoms with Crippen molar-refractivity contribution in [1.82, 2.24) is 15.5 Å². The molecule has 5 nitrogen and oxygen atoms in total. The van der Waals surface area contributed by atoms with Crippen LogP contribution >= 0.6 is 11.8 Å². The first-order valence-corrected chi connectivity index (χ1v) is 7.83. The second-order valence-corrected chi connectivity index (χ2v) is 6.03. The normalized spacial score (nSPS) is 12.1. The van der Waals surface area contributed by atoms with Crippen LogP contribution in [-0.4, -0.2) is 27.9 Å². The molecule has 21 heavy (non-hydrogen) atoms. The van der Waals surface area contributed by atoms with Crippen LogP contribution in [0.3, 0.4) is 0 Å².